The molecule has 2 aromatic heterocycles. The number of amides is 2. The average Bonchev–Trinajstić information content (AvgIpc) is 3.02. The lowest BCUT2D eigenvalue weighted by molar-refractivity contribution is 0.240. The summed E-state index contributed by atoms with van der Waals surface area (Å²) in [6.07, 6.45) is 3.64. The van der Waals surface area contributed by atoms with Crippen LogP contribution in [0.3, 0.4) is 0 Å². The zero-order chi connectivity index (χ0) is 17.6. The third kappa shape index (κ3) is 4.64. The second-order valence-electron chi connectivity index (χ2n) is 5.71. The molecule has 3 aromatic rings. The van der Waals surface area contributed by atoms with Crippen LogP contribution >= 0.6 is 11.6 Å². The van der Waals surface area contributed by atoms with Gasteiger partial charge in [0.15, 0.2) is 0 Å². The van der Waals surface area contributed by atoms with Crippen molar-refractivity contribution in [2.45, 2.75) is 6.54 Å². The summed E-state index contributed by atoms with van der Waals surface area (Å²) in [7, 11) is 2.00. The number of benzene rings is 1. The Kier molecular flexibility index (Phi) is 5.40. The van der Waals surface area contributed by atoms with E-state index in [1.54, 1.807) is 12.3 Å². The van der Waals surface area contributed by atoms with E-state index in [1.165, 1.54) is 0 Å². The second kappa shape index (κ2) is 7.90. The molecule has 2 amide bonds. The minimum absolute atomic E-state index is 0.212. The number of halogens is 1. The smallest absolute Gasteiger partial charge is 0.315 e. The van der Waals surface area contributed by atoms with Crippen LogP contribution in [0.15, 0.2) is 54.9 Å². The normalized spacial score (nSPS) is 10.6. The number of fused-ring (bicyclic) bond motifs is 1. The zero-order valence-corrected chi connectivity index (χ0v) is 14.7. The number of pyridine rings is 1. The van der Waals surface area contributed by atoms with Crippen LogP contribution in [0.2, 0.25) is 5.02 Å². The van der Waals surface area contributed by atoms with Crippen LogP contribution in [0, 0.1) is 0 Å². The maximum atomic E-state index is 11.9. The summed E-state index contributed by atoms with van der Waals surface area (Å²) in [5.74, 6) is 0. The van der Waals surface area contributed by atoms with Gasteiger partial charge < -0.3 is 19.9 Å². The van der Waals surface area contributed by atoms with Crippen molar-refractivity contribution in [3.63, 3.8) is 0 Å². The maximum Gasteiger partial charge on any atom is 0.315 e. The molecule has 0 saturated heterocycles. The van der Waals surface area contributed by atoms with Gasteiger partial charge in [-0.3, -0.25) is 0 Å². The van der Waals surface area contributed by atoms with Gasteiger partial charge in [-0.2, -0.15) is 0 Å². The van der Waals surface area contributed by atoms with Crippen LogP contribution in [0.5, 0.6) is 0 Å². The highest BCUT2D eigenvalue weighted by atomic mass is 35.5. The standard InChI is InChI=1S/C18H20ClN5O/c1-23(16-5-3-2-4-6-16)10-9-20-18(25)21-11-15-13-24-12-14(19)7-8-17(24)22-15/h2-8,12-13H,9-11H2,1H3,(H2,20,21,25). The highest BCUT2D eigenvalue weighted by Gasteiger charge is 2.05. The van der Waals surface area contributed by atoms with Gasteiger partial charge in [0.2, 0.25) is 0 Å². The largest absolute Gasteiger partial charge is 0.373 e. The molecule has 130 valence electrons. The number of imidazole rings is 1. The van der Waals surface area contributed by atoms with Crippen molar-refractivity contribution in [2.75, 3.05) is 25.0 Å². The van der Waals surface area contributed by atoms with Crippen LogP contribution in [0.1, 0.15) is 5.69 Å². The van der Waals surface area contributed by atoms with Crippen LogP contribution < -0.4 is 15.5 Å². The molecule has 7 heteroatoms. The summed E-state index contributed by atoms with van der Waals surface area (Å²) < 4.78 is 1.84. The lowest BCUT2D eigenvalue weighted by atomic mass is 10.3. The Hall–Kier alpha value is -2.73. The number of hydrogen-bond acceptors (Lipinski definition) is 3. The minimum atomic E-state index is -0.212. The molecule has 0 radical (unpaired) electrons. The van der Waals surface area contributed by atoms with Gasteiger partial charge in [0.25, 0.3) is 0 Å². The topological polar surface area (TPSA) is 61.7 Å². The monoisotopic (exact) mass is 357 g/mol. The lowest BCUT2D eigenvalue weighted by Crippen LogP contribution is -2.39. The lowest BCUT2D eigenvalue weighted by Gasteiger charge is -2.19. The number of likely N-dealkylation sites (N-methyl/N-ethyl adjacent to an activating group) is 1. The molecule has 0 aliphatic rings. The third-order valence-electron chi connectivity index (χ3n) is 3.82. The Bertz CT molecular complexity index is 849. The number of nitrogens with one attached hydrogen (secondary N) is 2. The molecule has 0 spiro atoms. The van der Waals surface area contributed by atoms with Crippen LogP contribution in [0.25, 0.3) is 5.65 Å². The van der Waals surface area contributed by atoms with Gasteiger partial charge in [-0.1, -0.05) is 29.8 Å². The molecule has 0 aliphatic heterocycles. The van der Waals surface area contributed by atoms with Crippen LogP contribution in [-0.2, 0) is 6.54 Å². The molecular formula is C18H20ClN5O. The number of aromatic nitrogens is 2. The van der Waals surface area contributed by atoms with Crippen molar-refractivity contribution < 1.29 is 4.79 Å². The molecule has 0 atom stereocenters. The van der Waals surface area contributed by atoms with Gasteiger partial charge in [0.05, 0.1) is 17.3 Å². The first-order valence-electron chi connectivity index (χ1n) is 8.03. The molecule has 0 aliphatic carbocycles. The van der Waals surface area contributed by atoms with E-state index in [-0.39, 0.29) is 6.03 Å². The Morgan fingerprint density at radius 2 is 1.96 bits per heavy atom. The van der Waals surface area contributed by atoms with Gasteiger partial charge in [0, 0.05) is 38.2 Å². The van der Waals surface area contributed by atoms with Gasteiger partial charge >= 0.3 is 6.03 Å². The number of rotatable bonds is 6. The number of hydrogen-bond donors (Lipinski definition) is 2. The van der Waals surface area contributed by atoms with Crippen molar-refractivity contribution in [1.82, 2.24) is 20.0 Å². The van der Waals surface area contributed by atoms with E-state index in [9.17, 15) is 4.79 Å². The third-order valence-corrected chi connectivity index (χ3v) is 4.05. The first-order valence-corrected chi connectivity index (χ1v) is 8.40. The number of anilines is 1. The molecule has 6 nitrogen and oxygen atoms in total. The first kappa shape index (κ1) is 17.1. The minimum Gasteiger partial charge on any atom is -0.373 e. The highest BCUT2D eigenvalue weighted by Crippen LogP contribution is 2.12. The van der Waals surface area contributed by atoms with Crippen molar-refractivity contribution in [1.29, 1.82) is 0 Å². The molecule has 0 saturated carbocycles. The Labute approximate surface area is 151 Å². The molecule has 0 unspecified atom stereocenters. The van der Waals surface area contributed by atoms with E-state index in [2.05, 4.69) is 20.5 Å². The van der Waals surface area contributed by atoms with Crippen molar-refractivity contribution in [3.05, 3.63) is 65.6 Å². The molecule has 1 aromatic carbocycles. The highest BCUT2D eigenvalue weighted by molar-refractivity contribution is 6.30. The van der Waals surface area contributed by atoms with Crippen LogP contribution in [-0.4, -0.2) is 35.6 Å². The van der Waals surface area contributed by atoms with Gasteiger partial charge in [-0.15, -0.1) is 0 Å². The summed E-state index contributed by atoms with van der Waals surface area (Å²) in [4.78, 5) is 18.4. The molecule has 2 N–H and O–H groups in total. The van der Waals surface area contributed by atoms with Crippen molar-refractivity contribution in [3.8, 4) is 0 Å². The number of para-hydroxylation sites is 1. The Morgan fingerprint density at radius 3 is 2.76 bits per heavy atom. The van der Waals surface area contributed by atoms with E-state index < -0.39 is 0 Å². The summed E-state index contributed by atoms with van der Waals surface area (Å²) in [6.45, 7) is 1.64. The summed E-state index contributed by atoms with van der Waals surface area (Å²) in [6, 6.07) is 13.5. The van der Waals surface area contributed by atoms with E-state index in [4.69, 9.17) is 11.6 Å². The molecule has 3 rings (SSSR count). The van der Waals surface area contributed by atoms with E-state index in [0.29, 0.717) is 18.1 Å². The number of carbonyl (C=O) groups excluding carboxylic acids is 1. The Balaban J connectivity index is 1.43. The van der Waals surface area contributed by atoms with Crippen LogP contribution in [0.4, 0.5) is 10.5 Å². The average molecular weight is 358 g/mol. The molecule has 0 fully saturated rings. The number of carbonyl (C=O) groups is 1. The summed E-state index contributed by atoms with van der Waals surface area (Å²) in [5, 5.41) is 6.30. The fourth-order valence-electron chi connectivity index (χ4n) is 2.48. The molecule has 25 heavy (non-hydrogen) atoms. The quantitative estimate of drug-likeness (QED) is 0.713. The second-order valence-corrected chi connectivity index (χ2v) is 6.15. The number of urea groups is 1. The fourth-order valence-corrected chi connectivity index (χ4v) is 2.65. The molecular weight excluding hydrogens is 338 g/mol. The predicted octanol–water partition coefficient (Wildman–Crippen LogP) is 2.92. The predicted molar refractivity (Wildman–Crippen MR) is 100 cm³/mol. The van der Waals surface area contributed by atoms with Gasteiger partial charge in [0.1, 0.15) is 5.65 Å². The van der Waals surface area contributed by atoms with Gasteiger partial charge in [-0.05, 0) is 24.3 Å². The van der Waals surface area contributed by atoms with E-state index in [0.717, 1.165) is 23.6 Å². The SMILES string of the molecule is CN(CCNC(=O)NCc1cn2cc(Cl)ccc2n1)c1ccccc1. The molecule has 2 heterocycles. The van der Waals surface area contributed by atoms with Crippen molar-refractivity contribution >= 4 is 29.0 Å². The summed E-state index contributed by atoms with van der Waals surface area (Å²) in [5.41, 5.74) is 2.69. The number of nitrogens with zero attached hydrogens (tertiary/aromatic N) is 3. The fraction of sp³-hybridized carbons (Fsp3) is 0.222. The first-order chi connectivity index (χ1) is 12.1. The van der Waals surface area contributed by atoms with Crippen molar-refractivity contribution in [2.24, 2.45) is 0 Å². The van der Waals surface area contributed by atoms with Gasteiger partial charge in [-0.25, -0.2) is 9.78 Å². The maximum absolute atomic E-state index is 11.9. The van der Waals surface area contributed by atoms with E-state index in [1.807, 2.05) is 54.0 Å². The Morgan fingerprint density at radius 1 is 1.16 bits per heavy atom. The zero-order valence-electron chi connectivity index (χ0n) is 13.9. The van der Waals surface area contributed by atoms with E-state index >= 15 is 0 Å². The summed E-state index contributed by atoms with van der Waals surface area (Å²) >= 11 is 5.95. The molecule has 0 bridgehead atoms.